The first-order chi connectivity index (χ1) is 21.3. The third kappa shape index (κ3) is 5.00. The van der Waals surface area contributed by atoms with Gasteiger partial charge < -0.3 is 20.4 Å². The molecule has 46 heavy (non-hydrogen) atoms. The maximum absolute atomic E-state index is 13.0. The average Bonchev–Trinajstić information content (AvgIpc) is 2.95. The second kappa shape index (κ2) is 11.2. The first kappa shape index (κ1) is 34.2. The standard InChI is InChI=1S/C40H62O6/c1-35(2)16-18-40(34(45)46)19-17-38(6)26(28(40)22-35)10-12-32-37(5)23-30(42)27(36(3,4)31(37)14-15-39(32,38)7)21-25-20-24(8-11-29(25)41)9-13-33(43)44/h9-10,13,24-25,27-32,41-42H,8,11-12,14-23H2,1-7H3,(H,43,44)(H,45,46). The summed E-state index contributed by atoms with van der Waals surface area (Å²) in [5.41, 5.74) is 0.810. The van der Waals surface area contributed by atoms with Crippen molar-refractivity contribution in [2.75, 3.05) is 0 Å². The molecule has 0 heterocycles. The number of hydrogen-bond acceptors (Lipinski definition) is 4. The van der Waals surface area contributed by atoms with E-state index < -0.39 is 29.6 Å². The summed E-state index contributed by atoms with van der Waals surface area (Å²) in [4.78, 5) is 24.1. The van der Waals surface area contributed by atoms with E-state index in [1.165, 1.54) is 11.6 Å². The summed E-state index contributed by atoms with van der Waals surface area (Å²) in [5, 5.41) is 43.0. The van der Waals surface area contributed by atoms with E-state index >= 15 is 0 Å². The summed E-state index contributed by atoms with van der Waals surface area (Å²) >= 11 is 0. The third-order valence-corrected chi connectivity index (χ3v) is 16.3. The molecule has 6 aliphatic rings. The number of aliphatic hydroxyl groups is 2. The van der Waals surface area contributed by atoms with E-state index in [2.05, 4.69) is 54.5 Å². The zero-order valence-corrected chi connectivity index (χ0v) is 29.6. The Hall–Kier alpha value is -1.66. The first-order valence-corrected chi connectivity index (χ1v) is 18.5. The van der Waals surface area contributed by atoms with Crippen LogP contribution < -0.4 is 0 Å². The Morgan fingerprint density at radius 1 is 0.848 bits per heavy atom. The highest BCUT2D eigenvalue weighted by molar-refractivity contribution is 5.79. The van der Waals surface area contributed by atoms with Crippen molar-refractivity contribution in [3.8, 4) is 0 Å². The lowest BCUT2D eigenvalue weighted by atomic mass is 9.33. The summed E-state index contributed by atoms with van der Waals surface area (Å²) in [5.74, 6) is -0.249. The van der Waals surface area contributed by atoms with E-state index in [0.29, 0.717) is 18.3 Å². The van der Waals surface area contributed by atoms with Gasteiger partial charge in [0, 0.05) is 6.08 Å². The fourth-order valence-electron chi connectivity index (χ4n) is 13.6. The summed E-state index contributed by atoms with van der Waals surface area (Å²) in [6, 6.07) is 0. The van der Waals surface area contributed by atoms with E-state index in [1.54, 1.807) is 6.08 Å². The van der Waals surface area contributed by atoms with Crippen LogP contribution >= 0.6 is 0 Å². The minimum atomic E-state index is -0.925. The lowest BCUT2D eigenvalue weighted by molar-refractivity contribution is -0.221. The van der Waals surface area contributed by atoms with Crippen molar-refractivity contribution >= 4 is 11.9 Å². The summed E-state index contributed by atoms with van der Waals surface area (Å²) in [6.45, 7) is 16.9. The van der Waals surface area contributed by atoms with Crippen LogP contribution in [-0.4, -0.2) is 44.6 Å². The SMILES string of the molecule is CC1(C)CCC2(C(=O)O)CCC3(C)C(=CCC4C5(C)CC(O)C(CC6CC(C=CC(=O)O)CCC6O)C(C)(C)C5CCC43C)C2C1. The van der Waals surface area contributed by atoms with Crippen LogP contribution in [0.3, 0.4) is 0 Å². The maximum atomic E-state index is 13.0. The minimum Gasteiger partial charge on any atom is -0.481 e. The number of hydrogen-bond donors (Lipinski definition) is 4. The molecular weight excluding hydrogens is 576 g/mol. The Labute approximate surface area is 277 Å². The molecule has 6 heteroatoms. The van der Waals surface area contributed by atoms with Gasteiger partial charge in [-0.05, 0) is 146 Å². The number of carboxylic acids is 2. The Balaban J connectivity index is 1.29. The molecule has 0 aromatic carbocycles. The van der Waals surface area contributed by atoms with Crippen molar-refractivity contribution in [1.29, 1.82) is 0 Å². The first-order valence-electron chi connectivity index (χ1n) is 18.5. The highest BCUT2D eigenvalue weighted by Crippen LogP contribution is 2.76. The lowest BCUT2D eigenvalue weighted by Gasteiger charge is -2.72. The highest BCUT2D eigenvalue weighted by Gasteiger charge is 2.70. The van der Waals surface area contributed by atoms with Crippen molar-refractivity contribution in [3.63, 3.8) is 0 Å². The molecule has 4 N–H and O–H groups in total. The monoisotopic (exact) mass is 638 g/mol. The molecule has 5 saturated carbocycles. The third-order valence-electron chi connectivity index (χ3n) is 16.3. The van der Waals surface area contributed by atoms with Crippen molar-refractivity contribution in [2.24, 2.45) is 68.0 Å². The van der Waals surface area contributed by atoms with E-state index in [9.17, 15) is 24.9 Å². The predicted molar refractivity (Wildman–Crippen MR) is 180 cm³/mol. The van der Waals surface area contributed by atoms with Crippen molar-refractivity contribution in [2.45, 2.75) is 144 Å². The van der Waals surface area contributed by atoms with Crippen molar-refractivity contribution in [1.82, 2.24) is 0 Å². The van der Waals surface area contributed by atoms with Gasteiger partial charge in [0.2, 0.25) is 0 Å². The molecule has 0 saturated heterocycles. The fourth-order valence-corrected chi connectivity index (χ4v) is 13.6. The largest absolute Gasteiger partial charge is 0.481 e. The second-order valence-corrected chi connectivity index (χ2v) is 19.2. The lowest BCUT2D eigenvalue weighted by Crippen LogP contribution is -2.66. The molecule has 6 nitrogen and oxygen atoms in total. The van der Waals surface area contributed by atoms with Gasteiger partial charge in [-0.25, -0.2) is 4.79 Å². The molecule has 12 atom stereocenters. The number of rotatable bonds is 5. The van der Waals surface area contributed by atoms with Crippen LogP contribution in [0.1, 0.15) is 132 Å². The van der Waals surface area contributed by atoms with Gasteiger partial charge in [-0.1, -0.05) is 66.2 Å². The second-order valence-electron chi connectivity index (χ2n) is 19.2. The average molecular weight is 639 g/mol. The van der Waals surface area contributed by atoms with Gasteiger partial charge in [0.05, 0.1) is 17.6 Å². The number of aliphatic carboxylic acids is 2. The molecule has 5 fully saturated rings. The normalized spacial score (nSPS) is 49.5. The number of carbonyl (C=O) groups is 2. The van der Waals surface area contributed by atoms with Gasteiger partial charge in [-0.3, -0.25) is 4.79 Å². The van der Waals surface area contributed by atoms with Crippen molar-refractivity contribution in [3.05, 3.63) is 23.8 Å². The molecule has 6 aliphatic carbocycles. The topological polar surface area (TPSA) is 115 Å². The number of fused-ring (bicyclic) bond motifs is 7. The van der Waals surface area contributed by atoms with Gasteiger partial charge >= 0.3 is 11.9 Å². The zero-order chi connectivity index (χ0) is 33.7. The van der Waals surface area contributed by atoms with Crippen LogP contribution in [0.25, 0.3) is 0 Å². The van der Waals surface area contributed by atoms with E-state index in [4.69, 9.17) is 5.11 Å². The Morgan fingerprint density at radius 3 is 2.22 bits per heavy atom. The molecule has 6 rings (SSSR count). The van der Waals surface area contributed by atoms with E-state index in [0.717, 1.165) is 77.0 Å². The van der Waals surface area contributed by atoms with E-state index in [-0.39, 0.29) is 50.7 Å². The molecule has 0 aliphatic heterocycles. The van der Waals surface area contributed by atoms with Crippen LogP contribution in [0, 0.1) is 68.0 Å². The number of aliphatic hydroxyl groups excluding tert-OH is 2. The Kier molecular flexibility index (Phi) is 8.32. The van der Waals surface area contributed by atoms with Gasteiger partial charge in [-0.15, -0.1) is 0 Å². The van der Waals surface area contributed by atoms with Crippen LogP contribution in [-0.2, 0) is 9.59 Å². The molecule has 0 amide bonds. The maximum Gasteiger partial charge on any atom is 0.327 e. The van der Waals surface area contributed by atoms with Gasteiger partial charge in [-0.2, -0.15) is 0 Å². The number of allylic oxidation sites excluding steroid dienone is 3. The quantitative estimate of drug-likeness (QED) is 0.178. The van der Waals surface area contributed by atoms with E-state index in [1.807, 2.05) is 0 Å². The fraction of sp³-hybridized carbons (Fsp3) is 0.850. The predicted octanol–water partition coefficient (Wildman–Crippen LogP) is 8.27. The minimum absolute atomic E-state index is 0.0391. The van der Waals surface area contributed by atoms with Gasteiger partial charge in [0.15, 0.2) is 0 Å². The molecule has 0 aromatic rings. The highest BCUT2D eigenvalue weighted by atomic mass is 16.4. The van der Waals surface area contributed by atoms with Crippen LogP contribution in [0.2, 0.25) is 0 Å². The zero-order valence-electron chi connectivity index (χ0n) is 29.6. The molecule has 0 radical (unpaired) electrons. The smallest absolute Gasteiger partial charge is 0.327 e. The Bertz CT molecular complexity index is 1300. The molecular formula is C40H62O6. The van der Waals surface area contributed by atoms with Gasteiger partial charge in [0.25, 0.3) is 0 Å². The summed E-state index contributed by atoms with van der Waals surface area (Å²) < 4.78 is 0. The van der Waals surface area contributed by atoms with Crippen molar-refractivity contribution < 1.29 is 30.0 Å². The molecule has 258 valence electrons. The molecule has 12 unspecified atom stereocenters. The van der Waals surface area contributed by atoms with Gasteiger partial charge in [0.1, 0.15) is 0 Å². The van der Waals surface area contributed by atoms with Crippen LogP contribution in [0.5, 0.6) is 0 Å². The van der Waals surface area contributed by atoms with Crippen LogP contribution in [0.4, 0.5) is 0 Å². The summed E-state index contributed by atoms with van der Waals surface area (Å²) in [6.07, 6.45) is 16.1. The molecule has 0 bridgehead atoms. The molecule has 0 spiro atoms. The Morgan fingerprint density at radius 2 is 1.54 bits per heavy atom. The molecule has 0 aromatic heterocycles. The van der Waals surface area contributed by atoms with Crippen LogP contribution in [0.15, 0.2) is 23.8 Å². The number of carboxylic acid groups (broad SMARTS) is 2. The summed E-state index contributed by atoms with van der Waals surface area (Å²) in [7, 11) is 0.